The molecule has 0 radical (unpaired) electrons. The van der Waals surface area contributed by atoms with Gasteiger partial charge in [-0.2, -0.15) is 0 Å². The molecule has 2 fully saturated rings. The Morgan fingerprint density at radius 1 is 1.29 bits per heavy atom. The Hall–Kier alpha value is -1.29. The lowest BCUT2D eigenvalue weighted by atomic mass is 9.85. The summed E-state index contributed by atoms with van der Waals surface area (Å²) in [5.74, 6) is 1.49. The molecule has 1 aromatic heterocycles. The molecule has 3 rings (SSSR count). The number of piperidine rings is 1. The molecule has 4 nitrogen and oxygen atoms in total. The molecular formula is C16H22ClN3O. The number of aromatic nitrogens is 1. The second kappa shape index (κ2) is 6.65. The second-order valence-corrected chi connectivity index (χ2v) is 6.49. The number of carbonyl (C=O) groups is 1. The first-order valence-corrected chi connectivity index (χ1v) is 8.30. The third-order valence-corrected chi connectivity index (χ3v) is 4.80. The fourth-order valence-electron chi connectivity index (χ4n) is 2.90. The second-order valence-electron chi connectivity index (χ2n) is 6.09. The lowest BCUT2D eigenvalue weighted by molar-refractivity contribution is 0.0724. The molecule has 114 valence electrons. The summed E-state index contributed by atoms with van der Waals surface area (Å²) in [5, 5.41) is 3.83. The molecule has 0 atom stereocenters. The molecule has 2 aliphatic rings. The maximum absolute atomic E-state index is 12.4. The number of rotatable bonds is 4. The smallest absolute Gasteiger partial charge is 0.255 e. The summed E-state index contributed by atoms with van der Waals surface area (Å²) in [5.41, 5.74) is 0.594. The quantitative estimate of drug-likeness (QED) is 0.925. The van der Waals surface area contributed by atoms with Crippen LogP contribution in [0.2, 0.25) is 5.02 Å². The Morgan fingerprint density at radius 3 is 2.67 bits per heavy atom. The summed E-state index contributed by atoms with van der Waals surface area (Å²) in [6, 6.07) is 1.74. The van der Waals surface area contributed by atoms with Crippen LogP contribution in [0.25, 0.3) is 0 Å². The monoisotopic (exact) mass is 307 g/mol. The van der Waals surface area contributed by atoms with Crippen molar-refractivity contribution in [2.75, 3.05) is 25.0 Å². The highest BCUT2D eigenvalue weighted by Gasteiger charge is 2.20. The Morgan fingerprint density at radius 2 is 2.05 bits per heavy atom. The number of nitrogens with zero attached hydrogens (tertiary/aromatic N) is 2. The number of nitrogens with one attached hydrogen (secondary N) is 1. The van der Waals surface area contributed by atoms with Crippen LogP contribution in [-0.2, 0) is 0 Å². The van der Waals surface area contributed by atoms with Gasteiger partial charge in [-0.3, -0.25) is 4.79 Å². The van der Waals surface area contributed by atoms with E-state index in [0.717, 1.165) is 38.4 Å². The molecule has 1 aromatic rings. The SMILES string of the molecule is O=C(c1cnc(NCC2CCC2)c(Cl)c1)N1CCCCC1. The number of carbonyl (C=O) groups excluding carboxylic acids is 1. The molecule has 0 unspecified atom stereocenters. The van der Waals surface area contributed by atoms with Gasteiger partial charge in [0.1, 0.15) is 5.82 Å². The lowest BCUT2D eigenvalue weighted by Crippen LogP contribution is -2.35. The van der Waals surface area contributed by atoms with Gasteiger partial charge in [0.15, 0.2) is 0 Å². The number of anilines is 1. The van der Waals surface area contributed by atoms with Gasteiger partial charge in [0.05, 0.1) is 10.6 Å². The van der Waals surface area contributed by atoms with Crippen molar-refractivity contribution in [3.05, 3.63) is 22.8 Å². The number of pyridine rings is 1. The largest absolute Gasteiger partial charge is 0.369 e. The van der Waals surface area contributed by atoms with Gasteiger partial charge in [-0.1, -0.05) is 18.0 Å². The van der Waals surface area contributed by atoms with Crippen molar-refractivity contribution in [3.63, 3.8) is 0 Å². The van der Waals surface area contributed by atoms with Crippen LogP contribution in [0.3, 0.4) is 0 Å². The topological polar surface area (TPSA) is 45.2 Å². The molecule has 1 saturated carbocycles. The Labute approximate surface area is 130 Å². The predicted octanol–water partition coefficient (Wildman–Crippen LogP) is 3.57. The first-order valence-electron chi connectivity index (χ1n) is 7.93. The molecule has 1 amide bonds. The van der Waals surface area contributed by atoms with Crippen LogP contribution in [0.4, 0.5) is 5.82 Å². The summed E-state index contributed by atoms with van der Waals surface area (Å²) in [4.78, 5) is 18.6. The maximum Gasteiger partial charge on any atom is 0.255 e. The predicted molar refractivity (Wildman–Crippen MR) is 84.8 cm³/mol. The van der Waals surface area contributed by atoms with Gasteiger partial charge in [0.25, 0.3) is 5.91 Å². The Bertz CT molecular complexity index is 510. The fourth-order valence-corrected chi connectivity index (χ4v) is 3.14. The molecule has 1 saturated heterocycles. The van der Waals surface area contributed by atoms with E-state index in [1.54, 1.807) is 12.3 Å². The van der Waals surface area contributed by atoms with Gasteiger partial charge in [-0.15, -0.1) is 0 Å². The van der Waals surface area contributed by atoms with Crippen LogP contribution < -0.4 is 5.32 Å². The van der Waals surface area contributed by atoms with Gasteiger partial charge in [-0.25, -0.2) is 4.98 Å². The van der Waals surface area contributed by atoms with Crippen molar-refractivity contribution in [3.8, 4) is 0 Å². The highest BCUT2D eigenvalue weighted by atomic mass is 35.5. The minimum atomic E-state index is 0.0506. The van der Waals surface area contributed by atoms with Crippen molar-refractivity contribution >= 4 is 23.3 Å². The zero-order valence-corrected chi connectivity index (χ0v) is 13.0. The van der Waals surface area contributed by atoms with Crippen molar-refractivity contribution in [1.29, 1.82) is 0 Å². The van der Waals surface area contributed by atoms with Gasteiger partial charge >= 0.3 is 0 Å². The minimum absolute atomic E-state index is 0.0506. The van der Waals surface area contributed by atoms with Crippen LogP contribution in [0.1, 0.15) is 48.9 Å². The van der Waals surface area contributed by atoms with E-state index in [4.69, 9.17) is 11.6 Å². The normalized spacial score (nSPS) is 19.2. The van der Waals surface area contributed by atoms with Crippen LogP contribution >= 0.6 is 11.6 Å². The zero-order valence-electron chi connectivity index (χ0n) is 12.3. The molecule has 0 bridgehead atoms. The number of hydrogen-bond donors (Lipinski definition) is 1. The van der Waals surface area contributed by atoms with Gasteiger partial charge in [0.2, 0.25) is 0 Å². The van der Waals surface area contributed by atoms with E-state index in [1.165, 1.54) is 25.7 Å². The van der Waals surface area contributed by atoms with E-state index in [2.05, 4.69) is 10.3 Å². The number of halogens is 1. The van der Waals surface area contributed by atoms with E-state index >= 15 is 0 Å². The van der Waals surface area contributed by atoms with E-state index in [9.17, 15) is 4.79 Å². The molecular weight excluding hydrogens is 286 g/mol. The van der Waals surface area contributed by atoms with E-state index < -0.39 is 0 Å². The molecule has 21 heavy (non-hydrogen) atoms. The summed E-state index contributed by atoms with van der Waals surface area (Å²) in [6.07, 6.45) is 8.95. The van der Waals surface area contributed by atoms with Crippen molar-refractivity contribution in [2.45, 2.75) is 38.5 Å². The van der Waals surface area contributed by atoms with E-state index in [1.807, 2.05) is 4.90 Å². The highest BCUT2D eigenvalue weighted by molar-refractivity contribution is 6.33. The summed E-state index contributed by atoms with van der Waals surface area (Å²) in [7, 11) is 0. The van der Waals surface area contributed by atoms with Gasteiger partial charge in [0, 0.05) is 25.8 Å². The molecule has 1 aliphatic carbocycles. The van der Waals surface area contributed by atoms with Crippen molar-refractivity contribution in [2.24, 2.45) is 5.92 Å². The third kappa shape index (κ3) is 3.49. The number of hydrogen-bond acceptors (Lipinski definition) is 3. The van der Waals surface area contributed by atoms with Gasteiger partial charge < -0.3 is 10.2 Å². The Balaban J connectivity index is 1.63. The maximum atomic E-state index is 12.4. The number of amides is 1. The molecule has 2 heterocycles. The Kier molecular flexibility index (Phi) is 4.63. The van der Waals surface area contributed by atoms with Crippen LogP contribution in [-0.4, -0.2) is 35.4 Å². The summed E-state index contributed by atoms with van der Waals surface area (Å²) < 4.78 is 0. The summed E-state index contributed by atoms with van der Waals surface area (Å²) >= 11 is 6.26. The molecule has 1 aliphatic heterocycles. The van der Waals surface area contributed by atoms with Crippen molar-refractivity contribution in [1.82, 2.24) is 9.88 Å². The van der Waals surface area contributed by atoms with E-state index in [0.29, 0.717) is 16.4 Å². The van der Waals surface area contributed by atoms with Crippen molar-refractivity contribution < 1.29 is 4.79 Å². The first-order chi connectivity index (χ1) is 10.2. The van der Waals surface area contributed by atoms with Gasteiger partial charge in [-0.05, 0) is 44.1 Å². The van der Waals surface area contributed by atoms with E-state index in [-0.39, 0.29) is 5.91 Å². The number of likely N-dealkylation sites (tertiary alicyclic amines) is 1. The molecule has 1 N–H and O–H groups in total. The third-order valence-electron chi connectivity index (χ3n) is 4.51. The highest BCUT2D eigenvalue weighted by Crippen LogP contribution is 2.28. The lowest BCUT2D eigenvalue weighted by Gasteiger charge is -2.27. The van der Waals surface area contributed by atoms with Crippen LogP contribution in [0.15, 0.2) is 12.3 Å². The average Bonchev–Trinajstić information content (AvgIpc) is 2.47. The minimum Gasteiger partial charge on any atom is -0.369 e. The molecule has 0 spiro atoms. The van der Waals surface area contributed by atoms with Crippen LogP contribution in [0, 0.1) is 5.92 Å². The first kappa shape index (κ1) is 14.6. The standard InChI is InChI=1S/C16H22ClN3O/c17-14-9-13(16(21)20-7-2-1-3-8-20)11-19-15(14)18-10-12-5-4-6-12/h9,11-12H,1-8,10H2,(H,18,19). The molecule has 0 aromatic carbocycles. The summed E-state index contributed by atoms with van der Waals surface area (Å²) in [6.45, 7) is 2.61. The average molecular weight is 308 g/mol. The molecule has 5 heteroatoms. The zero-order chi connectivity index (χ0) is 14.7. The fraction of sp³-hybridized carbons (Fsp3) is 0.625. The van der Waals surface area contributed by atoms with Crippen LogP contribution in [0.5, 0.6) is 0 Å².